The topological polar surface area (TPSA) is 202 Å². The van der Waals surface area contributed by atoms with Crippen molar-refractivity contribution >= 4 is 29.7 Å². The Hall–Kier alpha value is -2.69. The van der Waals surface area contributed by atoms with Crippen molar-refractivity contribution in [2.45, 2.75) is 64.1 Å². The third-order valence-electron chi connectivity index (χ3n) is 3.64. The molecule has 3 atom stereocenters. The maximum atomic E-state index is 12.4. The van der Waals surface area contributed by atoms with Gasteiger partial charge in [0.15, 0.2) is 0 Å². The molecule has 0 aromatic carbocycles. The van der Waals surface area contributed by atoms with Gasteiger partial charge < -0.3 is 32.3 Å². The quantitative estimate of drug-likeness (QED) is 0.220. The van der Waals surface area contributed by atoms with Crippen LogP contribution >= 0.6 is 0 Å². The van der Waals surface area contributed by atoms with Crippen LogP contribution in [-0.2, 0) is 24.0 Å². The molecule has 0 fully saturated rings. The van der Waals surface area contributed by atoms with Gasteiger partial charge in [-0.25, -0.2) is 4.79 Å². The third kappa shape index (κ3) is 10.8. The van der Waals surface area contributed by atoms with Gasteiger partial charge >= 0.3 is 11.9 Å². The predicted molar refractivity (Wildman–Crippen MR) is 94.2 cm³/mol. The fraction of sp³-hybridized carbons (Fsp3) is 0.688. The molecule has 0 radical (unpaired) electrons. The van der Waals surface area contributed by atoms with Crippen molar-refractivity contribution < 1.29 is 34.2 Å². The van der Waals surface area contributed by atoms with Crippen molar-refractivity contribution in [3.8, 4) is 0 Å². The molecule has 0 rings (SSSR count). The number of hydrogen-bond donors (Lipinski definition) is 6. The second kappa shape index (κ2) is 11.8. The second-order valence-electron chi connectivity index (χ2n) is 6.63. The Balaban J connectivity index is 5.07. The summed E-state index contributed by atoms with van der Waals surface area (Å²) in [5.74, 6) is -4.63. The minimum atomic E-state index is -1.23. The van der Waals surface area contributed by atoms with Crippen LogP contribution < -0.4 is 22.1 Å². The number of hydrogen-bond acceptors (Lipinski definition) is 6. The molecule has 27 heavy (non-hydrogen) atoms. The molecule has 0 spiro atoms. The summed E-state index contributed by atoms with van der Waals surface area (Å²) in [5.41, 5.74) is 10.7. The number of carbonyl (C=O) groups excluding carboxylic acids is 3. The molecule has 11 nitrogen and oxygen atoms in total. The Kier molecular flexibility index (Phi) is 10.7. The highest BCUT2D eigenvalue weighted by Crippen LogP contribution is 2.07. The fourth-order valence-corrected chi connectivity index (χ4v) is 2.21. The highest BCUT2D eigenvalue weighted by molar-refractivity contribution is 5.92. The molecular formula is C16H28N4O7. The zero-order valence-electron chi connectivity index (χ0n) is 15.4. The minimum Gasteiger partial charge on any atom is -0.481 e. The number of carboxylic acid groups (broad SMARTS) is 2. The van der Waals surface area contributed by atoms with Gasteiger partial charge in [0, 0.05) is 12.8 Å². The molecule has 0 aliphatic carbocycles. The van der Waals surface area contributed by atoms with Crippen LogP contribution in [0.4, 0.5) is 0 Å². The lowest BCUT2D eigenvalue weighted by atomic mass is 10.0. The number of rotatable bonds is 13. The summed E-state index contributed by atoms with van der Waals surface area (Å²) in [6, 6.07) is -3.56. The molecule has 3 unspecified atom stereocenters. The highest BCUT2D eigenvalue weighted by atomic mass is 16.4. The molecule has 0 heterocycles. The van der Waals surface area contributed by atoms with Gasteiger partial charge in [-0.2, -0.15) is 0 Å². The van der Waals surface area contributed by atoms with E-state index in [-0.39, 0.29) is 38.0 Å². The van der Waals surface area contributed by atoms with Crippen LogP contribution in [0.2, 0.25) is 0 Å². The lowest BCUT2D eigenvalue weighted by Crippen LogP contribution is -2.54. The minimum absolute atomic E-state index is 0.00509. The van der Waals surface area contributed by atoms with Gasteiger partial charge in [0.25, 0.3) is 0 Å². The third-order valence-corrected chi connectivity index (χ3v) is 3.64. The normalized spacial score (nSPS) is 14.1. The monoisotopic (exact) mass is 388 g/mol. The molecule has 3 amide bonds. The van der Waals surface area contributed by atoms with E-state index in [1.165, 1.54) is 0 Å². The fourth-order valence-electron chi connectivity index (χ4n) is 2.21. The van der Waals surface area contributed by atoms with Crippen LogP contribution in [0.5, 0.6) is 0 Å². The number of carbonyl (C=O) groups is 5. The first-order valence-corrected chi connectivity index (χ1v) is 8.53. The molecule has 0 aliphatic rings. The summed E-state index contributed by atoms with van der Waals surface area (Å²) in [7, 11) is 0. The summed E-state index contributed by atoms with van der Waals surface area (Å²) in [5, 5.41) is 22.5. The van der Waals surface area contributed by atoms with E-state index in [1.807, 2.05) is 0 Å². The molecule has 0 aromatic rings. The van der Waals surface area contributed by atoms with E-state index in [2.05, 4.69) is 10.6 Å². The van der Waals surface area contributed by atoms with Gasteiger partial charge in [-0.05, 0) is 25.2 Å². The first-order valence-electron chi connectivity index (χ1n) is 8.53. The SMILES string of the molecule is CC(C)CC(NC(=O)C(CCC(N)=O)NC(=O)C(N)CCC(=O)O)C(=O)O. The summed E-state index contributed by atoms with van der Waals surface area (Å²) in [4.78, 5) is 57.3. The van der Waals surface area contributed by atoms with E-state index in [0.29, 0.717) is 0 Å². The Morgan fingerprint density at radius 1 is 0.889 bits per heavy atom. The van der Waals surface area contributed by atoms with Gasteiger partial charge in [-0.3, -0.25) is 19.2 Å². The largest absolute Gasteiger partial charge is 0.481 e. The van der Waals surface area contributed by atoms with E-state index in [1.54, 1.807) is 13.8 Å². The van der Waals surface area contributed by atoms with Gasteiger partial charge in [0.2, 0.25) is 17.7 Å². The van der Waals surface area contributed by atoms with Gasteiger partial charge in [-0.1, -0.05) is 13.8 Å². The van der Waals surface area contributed by atoms with Crippen LogP contribution in [0.25, 0.3) is 0 Å². The van der Waals surface area contributed by atoms with Crippen molar-refractivity contribution in [2.24, 2.45) is 17.4 Å². The number of amides is 3. The Morgan fingerprint density at radius 3 is 1.89 bits per heavy atom. The standard InChI is InChI=1S/C16H28N4O7/c1-8(2)7-11(16(26)27)20-15(25)10(4-5-12(18)21)19-14(24)9(17)3-6-13(22)23/h8-11H,3-7,17H2,1-2H3,(H2,18,21)(H,19,24)(H,20,25)(H,22,23)(H,26,27). The Bertz CT molecular complexity index is 565. The molecule has 0 saturated carbocycles. The molecule has 0 aromatic heterocycles. The summed E-state index contributed by atoms with van der Waals surface area (Å²) < 4.78 is 0. The number of aliphatic carboxylic acids is 2. The highest BCUT2D eigenvalue weighted by Gasteiger charge is 2.28. The average Bonchev–Trinajstić information content (AvgIpc) is 2.54. The van der Waals surface area contributed by atoms with Crippen LogP contribution in [0, 0.1) is 5.92 Å². The smallest absolute Gasteiger partial charge is 0.326 e. The number of nitrogens with two attached hydrogens (primary N) is 2. The van der Waals surface area contributed by atoms with E-state index in [0.717, 1.165) is 0 Å². The van der Waals surface area contributed by atoms with Crippen molar-refractivity contribution in [3.63, 3.8) is 0 Å². The van der Waals surface area contributed by atoms with Crippen LogP contribution in [0.15, 0.2) is 0 Å². The van der Waals surface area contributed by atoms with Crippen molar-refractivity contribution in [2.75, 3.05) is 0 Å². The van der Waals surface area contributed by atoms with E-state index in [4.69, 9.17) is 16.6 Å². The van der Waals surface area contributed by atoms with Crippen molar-refractivity contribution in [3.05, 3.63) is 0 Å². The van der Waals surface area contributed by atoms with E-state index >= 15 is 0 Å². The zero-order valence-corrected chi connectivity index (χ0v) is 15.4. The molecule has 154 valence electrons. The predicted octanol–water partition coefficient (Wildman–Crippen LogP) is -1.46. The average molecular weight is 388 g/mol. The van der Waals surface area contributed by atoms with Crippen LogP contribution in [0.1, 0.15) is 46.0 Å². The molecule has 0 aliphatic heterocycles. The summed E-state index contributed by atoms with van der Waals surface area (Å²) >= 11 is 0. The number of primary amides is 1. The molecular weight excluding hydrogens is 360 g/mol. The molecule has 8 N–H and O–H groups in total. The number of nitrogens with one attached hydrogen (secondary N) is 2. The number of carboxylic acids is 2. The van der Waals surface area contributed by atoms with E-state index in [9.17, 15) is 29.1 Å². The van der Waals surface area contributed by atoms with Gasteiger partial charge in [0.1, 0.15) is 12.1 Å². The summed E-state index contributed by atoms with van der Waals surface area (Å²) in [6.07, 6.45) is -0.661. The first-order chi connectivity index (χ1) is 12.4. The molecule has 11 heteroatoms. The summed E-state index contributed by atoms with van der Waals surface area (Å²) in [6.45, 7) is 3.58. The van der Waals surface area contributed by atoms with Crippen molar-refractivity contribution in [1.82, 2.24) is 10.6 Å². The molecule has 0 saturated heterocycles. The van der Waals surface area contributed by atoms with E-state index < -0.39 is 47.8 Å². The Morgan fingerprint density at radius 2 is 1.44 bits per heavy atom. The lowest BCUT2D eigenvalue weighted by molar-refractivity contribution is -0.142. The van der Waals surface area contributed by atoms with Gasteiger partial charge in [-0.15, -0.1) is 0 Å². The molecule has 0 bridgehead atoms. The van der Waals surface area contributed by atoms with Crippen LogP contribution in [-0.4, -0.2) is 58.0 Å². The maximum Gasteiger partial charge on any atom is 0.326 e. The Labute approximate surface area is 156 Å². The van der Waals surface area contributed by atoms with Crippen LogP contribution in [0.3, 0.4) is 0 Å². The maximum absolute atomic E-state index is 12.4. The second-order valence-corrected chi connectivity index (χ2v) is 6.63. The lowest BCUT2D eigenvalue weighted by Gasteiger charge is -2.23. The zero-order chi connectivity index (χ0) is 21.1. The van der Waals surface area contributed by atoms with Gasteiger partial charge in [0.05, 0.1) is 6.04 Å². The van der Waals surface area contributed by atoms with Crippen molar-refractivity contribution in [1.29, 1.82) is 0 Å². The first kappa shape index (κ1) is 24.3.